The van der Waals surface area contributed by atoms with Gasteiger partial charge >= 0.3 is 0 Å². The van der Waals surface area contributed by atoms with E-state index in [9.17, 15) is 17.6 Å². The summed E-state index contributed by atoms with van der Waals surface area (Å²) in [5.74, 6) is -0.332. The highest BCUT2D eigenvalue weighted by Crippen LogP contribution is 2.19. The molecule has 8 heteroatoms. The summed E-state index contributed by atoms with van der Waals surface area (Å²) in [6.45, 7) is -0.103. The molecule has 0 saturated heterocycles. The Morgan fingerprint density at radius 3 is 2.58 bits per heavy atom. The van der Waals surface area contributed by atoms with E-state index in [1.54, 1.807) is 7.11 Å². The second-order valence-electron chi connectivity index (χ2n) is 5.66. The van der Waals surface area contributed by atoms with Crippen LogP contribution in [-0.2, 0) is 21.2 Å². The number of methoxy groups -OCH3 is 1. The number of nitrogens with one attached hydrogen (secondary N) is 1. The van der Waals surface area contributed by atoms with Crippen molar-refractivity contribution in [3.63, 3.8) is 0 Å². The summed E-state index contributed by atoms with van der Waals surface area (Å²) in [5.41, 5.74) is 1.03. The molecule has 0 aliphatic rings. The average molecular weight is 380 g/mol. The number of carbonyl (C=O) groups excluding carboxylic acids is 1. The third-order valence-electron chi connectivity index (χ3n) is 3.69. The molecule has 0 unspecified atom stereocenters. The minimum Gasteiger partial charge on any atom is -0.496 e. The second-order valence-corrected chi connectivity index (χ2v) is 7.57. The minimum absolute atomic E-state index is 0.104. The zero-order valence-electron chi connectivity index (χ0n) is 14.6. The summed E-state index contributed by atoms with van der Waals surface area (Å²) < 4.78 is 43.4. The predicted molar refractivity (Wildman–Crippen MR) is 98.3 cm³/mol. The van der Waals surface area contributed by atoms with Crippen LogP contribution in [0.15, 0.2) is 48.5 Å². The van der Waals surface area contributed by atoms with Crippen molar-refractivity contribution in [1.29, 1.82) is 0 Å². The molecule has 0 spiro atoms. The molecule has 2 rings (SSSR count). The third-order valence-corrected chi connectivity index (χ3v) is 4.83. The maximum Gasteiger partial charge on any atom is 0.240 e. The quantitative estimate of drug-likeness (QED) is 0.760. The molecule has 0 saturated carbocycles. The summed E-state index contributed by atoms with van der Waals surface area (Å²) in [4.78, 5) is 12.2. The number of benzene rings is 2. The number of nitrogens with zero attached hydrogens (tertiary/aromatic N) is 1. The number of anilines is 1. The van der Waals surface area contributed by atoms with Gasteiger partial charge in [-0.15, -0.1) is 0 Å². The zero-order valence-corrected chi connectivity index (χ0v) is 15.4. The van der Waals surface area contributed by atoms with Gasteiger partial charge in [-0.2, -0.15) is 0 Å². The summed E-state index contributed by atoms with van der Waals surface area (Å²) in [6, 6.07) is 12.5. The summed E-state index contributed by atoms with van der Waals surface area (Å²) in [6.07, 6.45) is 1.51. The largest absolute Gasteiger partial charge is 0.496 e. The molecule has 0 aromatic heterocycles. The van der Waals surface area contributed by atoms with Gasteiger partial charge in [-0.3, -0.25) is 9.10 Å². The maximum atomic E-state index is 13.4. The fourth-order valence-electron chi connectivity index (χ4n) is 2.46. The molecule has 1 N–H and O–H groups in total. The van der Waals surface area contributed by atoms with Crippen LogP contribution in [-0.4, -0.2) is 40.8 Å². The normalized spacial score (nSPS) is 11.0. The second kappa shape index (κ2) is 8.66. The van der Waals surface area contributed by atoms with Crippen LogP contribution in [0, 0.1) is 5.82 Å². The lowest BCUT2D eigenvalue weighted by Gasteiger charge is -2.22. The molecular weight excluding hydrogens is 359 g/mol. The molecule has 0 aliphatic heterocycles. The number of hydrogen-bond donors (Lipinski definition) is 1. The molecule has 0 radical (unpaired) electrons. The maximum absolute atomic E-state index is 13.4. The third kappa shape index (κ3) is 5.45. The van der Waals surface area contributed by atoms with Gasteiger partial charge in [0.1, 0.15) is 18.1 Å². The van der Waals surface area contributed by atoms with E-state index in [4.69, 9.17) is 4.74 Å². The van der Waals surface area contributed by atoms with E-state index in [1.807, 2.05) is 24.3 Å². The number of ether oxygens (including phenoxy) is 1. The van der Waals surface area contributed by atoms with Crippen molar-refractivity contribution in [2.24, 2.45) is 0 Å². The summed E-state index contributed by atoms with van der Waals surface area (Å²) in [5, 5.41) is 2.68. The van der Waals surface area contributed by atoms with Gasteiger partial charge in [0, 0.05) is 6.54 Å². The van der Waals surface area contributed by atoms with Crippen molar-refractivity contribution in [3.05, 3.63) is 59.9 Å². The van der Waals surface area contributed by atoms with E-state index in [2.05, 4.69) is 5.32 Å². The van der Waals surface area contributed by atoms with Crippen molar-refractivity contribution in [1.82, 2.24) is 5.32 Å². The number of para-hydroxylation sites is 1. The zero-order chi connectivity index (χ0) is 19.2. The first-order valence-electron chi connectivity index (χ1n) is 7.93. The number of amides is 1. The fourth-order valence-corrected chi connectivity index (χ4v) is 3.31. The summed E-state index contributed by atoms with van der Waals surface area (Å²) >= 11 is 0. The molecule has 0 aliphatic carbocycles. The van der Waals surface area contributed by atoms with Crippen molar-refractivity contribution in [2.45, 2.75) is 6.42 Å². The van der Waals surface area contributed by atoms with Crippen LogP contribution in [0.3, 0.4) is 0 Å². The monoisotopic (exact) mass is 380 g/mol. The lowest BCUT2D eigenvalue weighted by molar-refractivity contribution is -0.119. The van der Waals surface area contributed by atoms with E-state index >= 15 is 0 Å². The molecule has 140 valence electrons. The Hall–Kier alpha value is -2.61. The van der Waals surface area contributed by atoms with Crippen LogP contribution < -0.4 is 14.4 Å². The molecule has 1 amide bonds. The molecule has 0 heterocycles. The van der Waals surface area contributed by atoms with Gasteiger partial charge in [0.05, 0.1) is 19.1 Å². The van der Waals surface area contributed by atoms with E-state index in [0.717, 1.165) is 27.9 Å². The minimum atomic E-state index is -3.73. The number of sulfonamides is 1. The van der Waals surface area contributed by atoms with Crippen molar-refractivity contribution < 1.29 is 22.3 Å². The molecule has 2 aromatic carbocycles. The SMILES string of the molecule is COc1ccccc1CCNC(=O)CN(c1cccc(F)c1)S(C)(=O)=O. The first-order chi connectivity index (χ1) is 12.3. The first kappa shape index (κ1) is 19.7. The molecular formula is C18H21FN2O4S. The Morgan fingerprint density at radius 2 is 1.92 bits per heavy atom. The Kier molecular flexibility index (Phi) is 6.57. The molecule has 6 nitrogen and oxygen atoms in total. The number of carbonyl (C=O) groups is 1. The molecule has 0 fully saturated rings. The summed E-state index contributed by atoms with van der Waals surface area (Å²) in [7, 11) is -2.16. The molecule has 26 heavy (non-hydrogen) atoms. The lowest BCUT2D eigenvalue weighted by Crippen LogP contribution is -2.41. The van der Waals surface area contributed by atoms with Crippen molar-refractivity contribution >= 4 is 21.6 Å². The number of rotatable bonds is 8. The van der Waals surface area contributed by atoms with E-state index < -0.39 is 28.3 Å². The van der Waals surface area contributed by atoms with Crippen LogP contribution in [0.5, 0.6) is 5.75 Å². The number of hydrogen-bond acceptors (Lipinski definition) is 4. The van der Waals surface area contributed by atoms with Crippen LogP contribution >= 0.6 is 0 Å². The van der Waals surface area contributed by atoms with E-state index in [1.165, 1.54) is 18.2 Å². The van der Waals surface area contributed by atoms with Gasteiger partial charge in [-0.1, -0.05) is 24.3 Å². The Labute approximate surface area is 152 Å². The highest BCUT2D eigenvalue weighted by molar-refractivity contribution is 7.92. The van der Waals surface area contributed by atoms with Crippen LogP contribution in [0.1, 0.15) is 5.56 Å². The van der Waals surface area contributed by atoms with E-state index in [0.29, 0.717) is 13.0 Å². The highest BCUT2D eigenvalue weighted by Gasteiger charge is 2.21. The van der Waals surface area contributed by atoms with Crippen molar-refractivity contribution in [2.75, 3.05) is 30.8 Å². The number of halogens is 1. The Morgan fingerprint density at radius 1 is 1.19 bits per heavy atom. The van der Waals surface area contributed by atoms with Crippen LogP contribution in [0.2, 0.25) is 0 Å². The average Bonchev–Trinajstić information content (AvgIpc) is 2.59. The molecule has 0 bridgehead atoms. The lowest BCUT2D eigenvalue weighted by atomic mass is 10.1. The molecule has 2 aromatic rings. The Balaban J connectivity index is 2.00. The van der Waals surface area contributed by atoms with E-state index in [-0.39, 0.29) is 5.69 Å². The Bertz CT molecular complexity index is 871. The first-order valence-corrected chi connectivity index (χ1v) is 9.78. The van der Waals surface area contributed by atoms with Gasteiger partial charge in [-0.05, 0) is 36.2 Å². The fraction of sp³-hybridized carbons (Fsp3) is 0.278. The van der Waals surface area contributed by atoms with Crippen LogP contribution in [0.25, 0.3) is 0 Å². The highest BCUT2D eigenvalue weighted by atomic mass is 32.2. The predicted octanol–water partition coefficient (Wildman–Crippen LogP) is 1.96. The van der Waals surface area contributed by atoms with Gasteiger partial charge in [0.2, 0.25) is 15.9 Å². The van der Waals surface area contributed by atoms with Crippen LogP contribution in [0.4, 0.5) is 10.1 Å². The van der Waals surface area contributed by atoms with Gasteiger partial charge in [0.15, 0.2) is 0 Å². The molecule has 0 atom stereocenters. The van der Waals surface area contributed by atoms with Gasteiger partial charge in [0.25, 0.3) is 0 Å². The van der Waals surface area contributed by atoms with Gasteiger partial charge < -0.3 is 10.1 Å². The van der Waals surface area contributed by atoms with Gasteiger partial charge in [-0.25, -0.2) is 12.8 Å². The smallest absolute Gasteiger partial charge is 0.240 e. The standard InChI is InChI=1S/C18H21FN2O4S/c1-25-17-9-4-3-6-14(17)10-11-20-18(22)13-21(26(2,23)24)16-8-5-7-15(19)12-16/h3-9,12H,10-11,13H2,1-2H3,(H,20,22). The topological polar surface area (TPSA) is 75.7 Å². The van der Waals surface area contributed by atoms with Crippen molar-refractivity contribution in [3.8, 4) is 5.75 Å².